The molecular weight excluding hydrogens is 192 g/mol. The first-order valence-electron chi connectivity index (χ1n) is 4.34. The maximum Gasteiger partial charge on any atom is 0.263 e. The zero-order valence-electron chi connectivity index (χ0n) is 7.29. The van der Waals surface area contributed by atoms with Gasteiger partial charge in [-0.25, -0.2) is 0 Å². The van der Waals surface area contributed by atoms with Gasteiger partial charge < -0.3 is 4.12 Å². The average Bonchev–Trinajstić information content (AvgIpc) is 2.76. The van der Waals surface area contributed by atoms with Gasteiger partial charge in [-0.2, -0.15) is 0 Å². The van der Waals surface area contributed by atoms with E-state index in [1.165, 1.54) is 10.4 Å². The second-order valence-corrected chi connectivity index (χ2v) is 5.84. The summed E-state index contributed by atoms with van der Waals surface area (Å²) in [6.07, 6.45) is 15.0. The zero-order valence-corrected chi connectivity index (χ0v) is 9.29. The molecule has 64 valence electrons. The molecule has 0 bridgehead atoms. The van der Waals surface area contributed by atoms with E-state index in [1.807, 2.05) is 0 Å². The second-order valence-electron chi connectivity index (χ2n) is 3.08. The van der Waals surface area contributed by atoms with E-state index in [9.17, 15) is 0 Å². The van der Waals surface area contributed by atoms with E-state index in [4.69, 9.17) is 4.12 Å². The standard InChI is InChI=1S/C10H10OSi2/c12-11-13(9-5-1-2-6-9)10-7-3-4-8-10/h1-5,7H,6,8H2. The van der Waals surface area contributed by atoms with Crippen LogP contribution >= 0.6 is 0 Å². The molecule has 3 heteroatoms. The molecule has 2 rings (SSSR count). The Morgan fingerprint density at radius 3 is 1.92 bits per heavy atom. The minimum Gasteiger partial charge on any atom is -0.451 e. The first-order valence-corrected chi connectivity index (χ1v) is 6.16. The smallest absolute Gasteiger partial charge is 0.263 e. The highest BCUT2D eigenvalue weighted by atomic mass is 28.3. The van der Waals surface area contributed by atoms with Crippen LogP contribution in [0.3, 0.4) is 0 Å². The summed E-state index contributed by atoms with van der Waals surface area (Å²) in [5.74, 6) is 0. The largest absolute Gasteiger partial charge is 0.451 e. The fourth-order valence-electron chi connectivity index (χ4n) is 1.57. The second kappa shape index (κ2) is 4.04. The van der Waals surface area contributed by atoms with Gasteiger partial charge in [0.05, 0.1) is 0 Å². The van der Waals surface area contributed by atoms with Gasteiger partial charge in [0, 0.05) is 0 Å². The first kappa shape index (κ1) is 8.93. The Hall–Kier alpha value is -0.646. The number of rotatable bonds is 3. The van der Waals surface area contributed by atoms with Gasteiger partial charge in [0.2, 0.25) is 10.5 Å². The monoisotopic (exact) mass is 202 g/mol. The maximum atomic E-state index is 5.41. The third-order valence-electron chi connectivity index (χ3n) is 2.23. The summed E-state index contributed by atoms with van der Waals surface area (Å²) in [5, 5.41) is 2.85. The zero-order chi connectivity index (χ0) is 9.10. The Morgan fingerprint density at radius 2 is 1.62 bits per heavy atom. The molecule has 2 aliphatic rings. The lowest BCUT2D eigenvalue weighted by atomic mass is 10.5. The molecule has 0 fully saturated rings. The van der Waals surface area contributed by atoms with E-state index in [0.29, 0.717) is 0 Å². The Morgan fingerprint density at radius 1 is 1.08 bits per heavy atom. The van der Waals surface area contributed by atoms with Crippen molar-refractivity contribution >= 4 is 19.5 Å². The van der Waals surface area contributed by atoms with Crippen LogP contribution in [0.1, 0.15) is 12.8 Å². The molecular formula is C10H10OSi2. The van der Waals surface area contributed by atoms with Crippen LogP contribution in [0.4, 0.5) is 0 Å². The summed E-state index contributed by atoms with van der Waals surface area (Å²) >= 11 is 0. The van der Waals surface area contributed by atoms with Crippen LogP contribution in [0.2, 0.25) is 0 Å². The minimum atomic E-state index is -0.928. The van der Waals surface area contributed by atoms with Crippen molar-refractivity contribution < 1.29 is 4.12 Å². The molecule has 0 amide bonds. The molecule has 0 aromatic heterocycles. The number of allylic oxidation sites excluding steroid dienone is 8. The molecule has 0 atom stereocenters. The molecule has 0 aromatic rings. The van der Waals surface area contributed by atoms with Crippen LogP contribution in [0.15, 0.2) is 46.8 Å². The summed E-state index contributed by atoms with van der Waals surface area (Å²) in [6.45, 7) is 0. The van der Waals surface area contributed by atoms with Crippen LogP contribution < -0.4 is 0 Å². The minimum absolute atomic E-state index is 0.928. The van der Waals surface area contributed by atoms with Gasteiger partial charge in [-0.1, -0.05) is 36.5 Å². The molecule has 4 radical (unpaired) electrons. The van der Waals surface area contributed by atoms with E-state index >= 15 is 0 Å². The van der Waals surface area contributed by atoms with Crippen LogP contribution in [0.25, 0.3) is 0 Å². The molecule has 2 aliphatic carbocycles. The molecule has 0 saturated carbocycles. The predicted octanol–water partition coefficient (Wildman–Crippen LogP) is 1.93. The highest BCUT2D eigenvalue weighted by molar-refractivity contribution is 6.70. The summed E-state index contributed by atoms with van der Waals surface area (Å²) < 4.78 is 5.41. The lowest BCUT2D eigenvalue weighted by Crippen LogP contribution is -2.22. The van der Waals surface area contributed by atoms with Crippen LogP contribution in [0.5, 0.6) is 0 Å². The summed E-state index contributed by atoms with van der Waals surface area (Å²) in [7, 11) is 2.26. The van der Waals surface area contributed by atoms with E-state index in [-0.39, 0.29) is 0 Å². The third kappa shape index (κ3) is 1.82. The third-order valence-corrected chi connectivity index (χ3v) is 4.95. The van der Waals surface area contributed by atoms with Gasteiger partial charge in [-0.05, 0) is 23.2 Å². The molecule has 0 heterocycles. The number of hydrogen-bond acceptors (Lipinski definition) is 1. The van der Waals surface area contributed by atoms with Crippen molar-refractivity contribution in [2.45, 2.75) is 12.8 Å². The Balaban J connectivity index is 2.09. The van der Waals surface area contributed by atoms with Gasteiger partial charge in [0.25, 0.3) is 9.04 Å². The van der Waals surface area contributed by atoms with E-state index in [2.05, 4.69) is 46.9 Å². The Labute approximate surface area is 83.8 Å². The van der Waals surface area contributed by atoms with Crippen molar-refractivity contribution in [1.82, 2.24) is 0 Å². The fraction of sp³-hybridized carbons (Fsp3) is 0.200. The van der Waals surface area contributed by atoms with E-state index < -0.39 is 9.04 Å². The molecule has 0 aromatic carbocycles. The van der Waals surface area contributed by atoms with Crippen LogP contribution in [0, 0.1) is 0 Å². The van der Waals surface area contributed by atoms with Gasteiger partial charge >= 0.3 is 0 Å². The predicted molar refractivity (Wildman–Crippen MR) is 56.3 cm³/mol. The maximum absolute atomic E-state index is 5.41. The van der Waals surface area contributed by atoms with Gasteiger partial charge in [0.15, 0.2) is 0 Å². The van der Waals surface area contributed by atoms with Crippen molar-refractivity contribution in [3.05, 3.63) is 46.8 Å². The van der Waals surface area contributed by atoms with Crippen molar-refractivity contribution in [3.8, 4) is 0 Å². The normalized spacial score (nSPS) is 19.8. The van der Waals surface area contributed by atoms with Crippen molar-refractivity contribution in [3.63, 3.8) is 0 Å². The molecule has 0 N–H and O–H groups in total. The van der Waals surface area contributed by atoms with E-state index in [0.717, 1.165) is 12.8 Å². The van der Waals surface area contributed by atoms with Crippen molar-refractivity contribution in [1.29, 1.82) is 0 Å². The Bertz CT molecular complexity index is 283. The average molecular weight is 202 g/mol. The molecule has 0 saturated heterocycles. The highest BCUT2D eigenvalue weighted by Gasteiger charge is 2.22. The van der Waals surface area contributed by atoms with Crippen molar-refractivity contribution in [2.75, 3.05) is 0 Å². The highest BCUT2D eigenvalue weighted by Crippen LogP contribution is 2.23. The molecule has 0 unspecified atom stereocenters. The topological polar surface area (TPSA) is 9.23 Å². The van der Waals surface area contributed by atoms with Crippen LogP contribution in [-0.4, -0.2) is 19.5 Å². The summed E-state index contributed by atoms with van der Waals surface area (Å²) in [4.78, 5) is 0. The van der Waals surface area contributed by atoms with Gasteiger partial charge in [-0.3, -0.25) is 0 Å². The Kier molecular flexibility index (Phi) is 2.78. The molecule has 1 nitrogen and oxygen atoms in total. The lowest BCUT2D eigenvalue weighted by molar-refractivity contribution is 0.647. The number of hydrogen-bond donors (Lipinski definition) is 0. The SMILES string of the molecule is [Si]O[Si](C1=CC=CC1)C1=CC=CC1. The first-order chi connectivity index (χ1) is 6.42. The van der Waals surface area contributed by atoms with Crippen LogP contribution in [-0.2, 0) is 4.12 Å². The summed E-state index contributed by atoms with van der Waals surface area (Å²) in [5.41, 5.74) is 0. The molecule has 0 spiro atoms. The quantitative estimate of drug-likeness (QED) is 0.635. The van der Waals surface area contributed by atoms with Gasteiger partial charge in [0.1, 0.15) is 0 Å². The summed E-state index contributed by atoms with van der Waals surface area (Å²) in [6, 6.07) is 0. The molecule has 0 aliphatic heterocycles. The van der Waals surface area contributed by atoms with E-state index in [1.54, 1.807) is 0 Å². The van der Waals surface area contributed by atoms with Crippen molar-refractivity contribution in [2.24, 2.45) is 0 Å². The molecule has 13 heavy (non-hydrogen) atoms. The lowest BCUT2D eigenvalue weighted by Gasteiger charge is -2.14. The fourth-order valence-corrected chi connectivity index (χ4v) is 4.13. The van der Waals surface area contributed by atoms with Gasteiger partial charge in [-0.15, -0.1) is 0 Å².